The Morgan fingerprint density at radius 1 is 1.35 bits per heavy atom. The van der Waals surface area contributed by atoms with Gasteiger partial charge in [-0.1, -0.05) is 17.7 Å². The van der Waals surface area contributed by atoms with Crippen LogP contribution < -0.4 is 5.32 Å². The van der Waals surface area contributed by atoms with E-state index >= 15 is 0 Å². The smallest absolute Gasteiger partial charge is 0.256 e. The quantitative estimate of drug-likeness (QED) is 0.679. The molecule has 0 fully saturated rings. The van der Waals surface area contributed by atoms with Gasteiger partial charge in [0.2, 0.25) is 0 Å². The molecule has 0 unspecified atom stereocenters. The van der Waals surface area contributed by atoms with Crippen molar-refractivity contribution in [1.82, 2.24) is 9.97 Å². The number of anilines is 1. The molecule has 3 aromatic rings. The van der Waals surface area contributed by atoms with Gasteiger partial charge in [0.1, 0.15) is 5.15 Å². The molecule has 0 bridgehead atoms. The highest BCUT2D eigenvalue weighted by Crippen LogP contribution is 2.24. The fourth-order valence-corrected chi connectivity index (χ4v) is 2.42. The molecular weight excluding hydrogens is 342 g/mol. The lowest BCUT2D eigenvalue weighted by atomic mass is 10.1. The monoisotopic (exact) mass is 349 g/mol. The number of aromatic nitrogens is 2. The molecule has 2 heterocycles. The SMILES string of the molecule is O=C(Nc1cnc(Cl)c(Br)c1)c1cccc2[nH]ccc12. The highest BCUT2D eigenvalue weighted by atomic mass is 79.9. The van der Waals surface area contributed by atoms with Crippen molar-refractivity contribution in [2.45, 2.75) is 0 Å². The van der Waals surface area contributed by atoms with E-state index in [0.29, 0.717) is 20.9 Å². The second-order valence-electron chi connectivity index (χ2n) is 4.20. The Bertz CT molecular complexity index is 800. The van der Waals surface area contributed by atoms with Gasteiger partial charge < -0.3 is 10.3 Å². The van der Waals surface area contributed by atoms with Crippen molar-refractivity contribution in [2.75, 3.05) is 5.32 Å². The number of rotatable bonds is 2. The molecule has 0 atom stereocenters. The van der Waals surface area contributed by atoms with E-state index in [1.807, 2.05) is 24.4 Å². The van der Waals surface area contributed by atoms with Crippen LogP contribution in [-0.4, -0.2) is 15.9 Å². The number of pyridine rings is 1. The molecule has 0 saturated carbocycles. The van der Waals surface area contributed by atoms with Crippen molar-refractivity contribution in [3.63, 3.8) is 0 Å². The number of fused-ring (bicyclic) bond motifs is 1. The van der Waals surface area contributed by atoms with Crippen LogP contribution in [0.3, 0.4) is 0 Å². The lowest BCUT2D eigenvalue weighted by molar-refractivity contribution is 0.102. The summed E-state index contributed by atoms with van der Waals surface area (Å²) in [5.41, 5.74) is 2.11. The Morgan fingerprint density at radius 2 is 2.20 bits per heavy atom. The fourth-order valence-electron chi connectivity index (χ4n) is 1.97. The number of H-pyrrole nitrogens is 1. The number of hydrogen-bond donors (Lipinski definition) is 2. The first-order valence-electron chi connectivity index (χ1n) is 5.83. The standard InChI is InChI=1S/C14H9BrClN3O/c15-11-6-8(7-18-13(11)16)19-14(20)10-2-1-3-12-9(10)4-5-17-12/h1-7,17H,(H,19,20). The fraction of sp³-hybridized carbons (Fsp3) is 0. The molecule has 1 amide bonds. The maximum atomic E-state index is 12.3. The van der Waals surface area contributed by atoms with Crippen molar-refractivity contribution >= 4 is 50.0 Å². The van der Waals surface area contributed by atoms with Crippen LogP contribution in [0.5, 0.6) is 0 Å². The van der Waals surface area contributed by atoms with E-state index in [9.17, 15) is 4.79 Å². The first-order valence-corrected chi connectivity index (χ1v) is 7.01. The van der Waals surface area contributed by atoms with Gasteiger partial charge in [-0.05, 0) is 40.2 Å². The summed E-state index contributed by atoms with van der Waals surface area (Å²) < 4.78 is 0.636. The zero-order valence-corrected chi connectivity index (χ0v) is 12.5. The number of amides is 1. The van der Waals surface area contributed by atoms with Gasteiger partial charge in [-0.3, -0.25) is 4.79 Å². The third-order valence-electron chi connectivity index (χ3n) is 2.89. The van der Waals surface area contributed by atoms with Crippen molar-refractivity contribution in [3.05, 3.63) is 57.9 Å². The van der Waals surface area contributed by atoms with Crippen LogP contribution in [0, 0.1) is 0 Å². The van der Waals surface area contributed by atoms with Gasteiger partial charge in [0.05, 0.1) is 16.4 Å². The molecule has 0 aliphatic carbocycles. The number of aromatic amines is 1. The molecule has 20 heavy (non-hydrogen) atoms. The van der Waals surface area contributed by atoms with Gasteiger partial charge in [-0.2, -0.15) is 0 Å². The first-order chi connectivity index (χ1) is 9.65. The maximum absolute atomic E-state index is 12.3. The van der Waals surface area contributed by atoms with Gasteiger partial charge in [0.25, 0.3) is 5.91 Å². The molecule has 3 rings (SSSR count). The van der Waals surface area contributed by atoms with Crippen LogP contribution in [0.1, 0.15) is 10.4 Å². The molecule has 2 N–H and O–H groups in total. The third kappa shape index (κ3) is 2.42. The number of hydrogen-bond acceptors (Lipinski definition) is 2. The van der Waals surface area contributed by atoms with Crippen molar-refractivity contribution in [2.24, 2.45) is 0 Å². The zero-order valence-electron chi connectivity index (χ0n) is 10.2. The average molecular weight is 351 g/mol. The Labute approximate surface area is 128 Å². The van der Waals surface area contributed by atoms with Crippen LogP contribution in [-0.2, 0) is 0 Å². The molecule has 0 aliphatic heterocycles. The zero-order chi connectivity index (χ0) is 14.1. The van der Waals surface area contributed by atoms with E-state index in [0.717, 1.165) is 10.9 Å². The van der Waals surface area contributed by atoms with E-state index in [1.165, 1.54) is 6.20 Å². The molecule has 100 valence electrons. The van der Waals surface area contributed by atoms with Crippen LogP contribution in [0.2, 0.25) is 5.15 Å². The lowest BCUT2D eigenvalue weighted by Crippen LogP contribution is -2.12. The minimum Gasteiger partial charge on any atom is -0.361 e. The Kier molecular flexibility index (Phi) is 3.46. The van der Waals surface area contributed by atoms with E-state index in [4.69, 9.17) is 11.6 Å². The van der Waals surface area contributed by atoms with Crippen LogP contribution in [0.25, 0.3) is 10.9 Å². The third-order valence-corrected chi connectivity index (χ3v) is 4.03. The highest BCUT2D eigenvalue weighted by Gasteiger charge is 2.11. The van der Waals surface area contributed by atoms with Gasteiger partial charge >= 0.3 is 0 Å². The summed E-state index contributed by atoms with van der Waals surface area (Å²) in [7, 11) is 0. The van der Waals surface area contributed by atoms with Crippen LogP contribution >= 0.6 is 27.5 Å². The summed E-state index contributed by atoms with van der Waals surface area (Å²) >= 11 is 9.10. The number of nitrogens with one attached hydrogen (secondary N) is 2. The van der Waals surface area contributed by atoms with E-state index < -0.39 is 0 Å². The van der Waals surface area contributed by atoms with Gasteiger partial charge in [-0.15, -0.1) is 0 Å². The highest BCUT2D eigenvalue weighted by molar-refractivity contribution is 9.10. The number of benzene rings is 1. The summed E-state index contributed by atoms with van der Waals surface area (Å²) in [6.07, 6.45) is 3.32. The summed E-state index contributed by atoms with van der Waals surface area (Å²) in [4.78, 5) is 19.4. The molecule has 0 aliphatic rings. The summed E-state index contributed by atoms with van der Waals surface area (Å²) in [6, 6.07) is 9.13. The molecule has 0 saturated heterocycles. The van der Waals surface area contributed by atoms with E-state index in [-0.39, 0.29) is 5.91 Å². The minimum atomic E-state index is -0.189. The summed E-state index contributed by atoms with van der Waals surface area (Å²) in [5.74, 6) is -0.189. The largest absolute Gasteiger partial charge is 0.361 e. The summed E-state index contributed by atoms with van der Waals surface area (Å²) in [6.45, 7) is 0. The second kappa shape index (κ2) is 5.26. The normalized spacial score (nSPS) is 10.7. The van der Waals surface area contributed by atoms with E-state index in [2.05, 4.69) is 31.2 Å². The molecule has 0 radical (unpaired) electrons. The van der Waals surface area contributed by atoms with Crippen LogP contribution in [0.4, 0.5) is 5.69 Å². The number of nitrogens with zero attached hydrogens (tertiary/aromatic N) is 1. The first kappa shape index (κ1) is 13.1. The Morgan fingerprint density at radius 3 is 3.00 bits per heavy atom. The number of carbonyl (C=O) groups is 1. The molecule has 0 spiro atoms. The van der Waals surface area contributed by atoms with Crippen molar-refractivity contribution < 1.29 is 4.79 Å². The minimum absolute atomic E-state index is 0.189. The molecule has 4 nitrogen and oxygen atoms in total. The topological polar surface area (TPSA) is 57.8 Å². The molecular formula is C14H9BrClN3O. The Hall–Kier alpha value is -1.85. The number of halogens is 2. The average Bonchev–Trinajstić information content (AvgIpc) is 2.91. The summed E-state index contributed by atoms with van der Waals surface area (Å²) in [5, 5.41) is 4.04. The van der Waals surface area contributed by atoms with Gasteiger partial charge in [0, 0.05) is 22.7 Å². The predicted molar refractivity (Wildman–Crippen MR) is 83.2 cm³/mol. The number of carbonyl (C=O) groups excluding carboxylic acids is 1. The lowest BCUT2D eigenvalue weighted by Gasteiger charge is -2.07. The molecule has 2 aromatic heterocycles. The Balaban J connectivity index is 1.93. The van der Waals surface area contributed by atoms with E-state index in [1.54, 1.807) is 12.1 Å². The predicted octanol–water partition coefficient (Wildman–Crippen LogP) is 4.23. The maximum Gasteiger partial charge on any atom is 0.256 e. The van der Waals surface area contributed by atoms with Crippen LogP contribution in [0.15, 0.2) is 47.2 Å². The van der Waals surface area contributed by atoms with Gasteiger partial charge in [0.15, 0.2) is 0 Å². The van der Waals surface area contributed by atoms with Crippen molar-refractivity contribution in [1.29, 1.82) is 0 Å². The molecule has 1 aromatic carbocycles. The second-order valence-corrected chi connectivity index (χ2v) is 5.41. The van der Waals surface area contributed by atoms with Crippen molar-refractivity contribution in [3.8, 4) is 0 Å². The molecule has 6 heteroatoms. The van der Waals surface area contributed by atoms with Gasteiger partial charge in [-0.25, -0.2) is 4.98 Å².